The molecule has 0 saturated heterocycles. The van der Waals surface area contributed by atoms with Gasteiger partial charge in [-0.15, -0.1) is 0 Å². The largest absolute Gasteiger partial charge is 0.493 e. The van der Waals surface area contributed by atoms with Crippen LogP contribution in [0, 0.1) is 0 Å². The van der Waals surface area contributed by atoms with E-state index < -0.39 is 10.0 Å². The molecule has 0 bridgehead atoms. The van der Waals surface area contributed by atoms with Gasteiger partial charge in [0.05, 0.1) is 24.8 Å². The molecule has 0 spiro atoms. The summed E-state index contributed by atoms with van der Waals surface area (Å²) < 4.78 is 37.8. The van der Waals surface area contributed by atoms with Crippen LogP contribution in [0.15, 0.2) is 89.8 Å². The van der Waals surface area contributed by atoms with Gasteiger partial charge in [0, 0.05) is 29.8 Å². The summed E-state index contributed by atoms with van der Waals surface area (Å²) in [5, 5.41) is 4.90. The minimum absolute atomic E-state index is 0.0606. The summed E-state index contributed by atoms with van der Waals surface area (Å²) >= 11 is 0. The quantitative estimate of drug-likeness (QED) is 0.409. The normalized spacial score (nSPS) is 11.1. The molecule has 4 aromatic carbocycles. The maximum absolute atomic E-state index is 13.1. The molecule has 34 heavy (non-hydrogen) atoms. The highest BCUT2D eigenvalue weighted by Gasteiger charge is 2.23. The molecular formula is C26H24N2O5S. The molecule has 1 N–H and O–H groups in total. The second kappa shape index (κ2) is 9.44. The number of nitrogens with zero attached hydrogens (tertiary/aromatic N) is 1. The first-order valence-corrected chi connectivity index (χ1v) is 11.9. The van der Waals surface area contributed by atoms with Gasteiger partial charge in [0.15, 0.2) is 11.5 Å². The fourth-order valence-corrected chi connectivity index (χ4v) is 4.84. The minimum atomic E-state index is -3.86. The Morgan fingerprint density at radius 2 is 1.50 bits per heavy atom. The first-order chi connectivity index (χ1) is 16.3. The highest BCUT2D eigenvalue weighted by atomic mass is 32.2. The Hall–Kier alpha value is -4.04. The highest BCUT2D eigenvalue weighted by Crippen LogP contribution is 2.32. The van der Waals surface area contributed by atoms with Crippen molar-refractivity contribution >= 4 is 38.1 Å². The number of fused-ring (bicyclic) bond motifs is 1. The Kier molecular flexibility index (Phi) is 6.43. The monoisotopic (exact) mass is 476 g/mol. The molecule has 4 rings (SSSR count). The summed E-state index contributed by atoms with van der Waals surface area (Å²) in [5.74, 6) is 0.469. The Balaban J connectivity index is 1.55. The van der Waals surface area contributed by atoms with Crippen LogP contribution in [0.4, 0.5) is 11.4 Å². The molecule has 0 atom stereocenters. The fraction of sp³-hybridized carbons (Fsp3) is 0.115. The average Bonchev–Trinajstić information content (AvgIpc) is 2.88. The zero-order chi connectivity index (χ0) is 24.3. The number of amides is 1. The van der Waals surface area contributed by atoms with Crippen molar-refractivity contribution in [2.24, 2.45) is 0 Å². The number of carbonyl (C=O) groups excluding carboxylic acids is 1. The number of hydrogen-bond acceptors (Lipinski definition) is 5. The molecule has 0 aromatic heterocycles. The third kappa shape index (κ3) is 4.40. The van der Waals surface area contributed by atoms with E-state index in [0.717, 1.165) is 15.1 Å². The van der Waals surface area contributed by atoms with Crippen LogP contribution < -0.4 is 19.1 Å². The van der Waals surface area contributed by atoms with E-state index in [0.29, 0.717) is 28.4 Å². The number of hydrogen-bond donors (Lipinski definition) is 1. The molecule has 0 aliphatic rings. The first kappa shape index (κ1) is 23.1. The topological polar surface area (TPSA) is 84.9 Å². The number of nitrogens with one attached hydrogen (secondary N) is 1. The summed E-state index contributed by atoms with van der Waals surface area (Å²) in [4.78, 5) is 12.9. The second-order valence-corrected chi connectivity index (χ2v) is 9.49. The van der Waals surface area contributed by atoms with Crippen LogP contribution in [0.2, 0.25) is 0 Å². The van der Waals surface area contributed by atoms with E-state index >= 15 is 0 Å². The third-order valence-electron chi connectivity index (χ3n) is 5.54. The van der Waals surface area contributed by atoms with E-state index in [9.17, 15) is 13.2 Å². The van der Waals surface area contributed by atoms with E-state index in [-0.39, 0.29) is 10.8 Å². The summed E-state index contributed by atoms with van der Waals surface area (Å²) in [6.07, 6.45) is 0. The van der Waals surface area contributed by atoms with Gasteiger partial charge in [0.2, 0.25) is 0 Å². The van der Waals surface area contributed by atoms with Crippen molar-refractivity contribution in [3.63, 3.8) is 0 Å². The van der Waals surface area contributed by atoms with E-state index in [4.69, 9.17) is 9.47 Å². The molecule has 7 nitrogen and oxygen atoms in total. The van der Waals surface area contributed by atoms with Crippen LogP contribution in [-0.2, 0) is 10.0 Å². The van der Waals surface area contributed by atoms with Gasteiger partial charge in [0.25, 0.3) is 15.9 Å². The SMILES string of the molecule is COc1ccc(S(=O)(=O)N(C)c2ccc(C(=O)Nc3cccc4ccccc34)cc2)cc1OC. The predicted octanol–water partition coefficient (Wildman–Crippen LogP) is 4.93. The second-order valence-electron chi connectivity index (χ2n) is 7.52. The van der Waals surface area contributed by atoms with Gasteiger partial charge in [-0.25, -0.2) is 8.42 Å². The molecule has 0 unspecified atom stereocenters. The number of anilines is 2. The minimum Gasteiger partial charge on any atom is -0.493 e. The van der Waals surface area contributed by atoms with Crippen molar-refractivity contribution in [2.75, 3.05) is 30.9 Å². The Morgan fingerprint density at radius 1 is 0.824 bits per heavy atom. The molecule has 0 radical (unpaired) electrons. The molecule has 174 valence electrons. The van der Waals surface area contributed by atoms with Crippen molar-refractivity contribution in [1.29, 1.82) is 0 Å². The third-order valence-corrected chi connectivity index (χ3v) is 7.33. The van der Waals surface area contributed by atoms with E-state index in [1.165, 1.54) is 33.4 Å². The van der Waals surface area contributed by atoms with Crippen LogP contribution >= 0.6 is 0 Å². The molecule has 0 fully saturated rings. The lowest BCUT2D eigenvalue weighted by Gasteiger charge is -2.20. The van der Waals surface area contributed by atoms with Crippen molar-refractivity contribution in [3.8, 4) is 11.5 Å². The molecule has 4 aromatic rings. The summed E-state index contributed by atoms with van der Waals surface area (Å²) in [5.41, 5.74) is 1.53. The van der Waals surface area contributed by atoms with E-state index in [2.05, 4.69) is 5.32 Å². The standard InChI is InChI=1S/C26H24N2O5S/c1-28(34(30,31)21-15-16-24(32-2)25(17-21)33-3)20-13-11-19(12-14-20)26(29)27-23-10-6-8-18-7-4-5-9-22(18)23/h4-17H,1-3H3,(H,27,29). The summed E-state index contributed by atoms with van der Waals surface area (Å²) in [6.45, 7) is 0. The van der Waals surface area contributed by atoms with Gasteiger partial charge in [-0.2, -0.15) is 0 Å². The Bertz CT molecular complexity index is 1440. The fourth-order valence-electron chi connectivity index (χ4n) is 3.63. The average molecular weight is 477 g/mol. The maximum atomic E-state index is 13.1. The lowest BCUT2D eigenvalue weighted by Crippen LogP contribution is -2.26. The maximum Gasteiger partial charge on any atom is 0.264 e. The van der Waals surface area contributed by atoms with Crippen LogP contribution in [0.1, 0.15) is 10.4 Å². The van der Waals surface area contributed by atoms with E-state index in [1.54, 1.807) is 30.3 Å². The predicted molar refractivity (Wildman–Crippen MR) is 133 cm³/mol. The number of benzene rings is 4. The highest BCUT2D eigenvalue weighted by molar-refractivity contribution is 7.92. The van der Waals surface area contributed by atoms with Crippen molar-refractivity contribution < 1.29 is 22.7 Å². The van der Waals surface area contributed by atoms with Crippen LogP contribution in [0.25, 0.3) is 10.8 Å². The van der Waals surface area contributed by atoms with E-state index in [1.807, 2.05) is 42.5 Å². The van der Waals surface area contributed by atoms with Gasteiger partial charge in [-0.05, 0) is 47.9 Å². The van der Waals surface area contributed by atoms with Crippen molar-refractivity contribution in [1.82, 2.24) is 0 Å². The molecule has 8 heteroatoms. The Morgan fingerprint density at radius 3 is 2.21 bits per heavy atom. The smallest absolute Gasteiger partial charge is 0.264 e. The molecule has 0 aliphatic heterocycles. The number of rotatable bonds is 7. The molecule has 0 saturated carbocycles. The van der Waals surface area contributed by atoms with Gasteiger partial charge >= 0.3 is 0 Å². The first-order valence-electron chi connectivity index (χ1n) is 10.5. The van der Waals surface area contributed by atoms with Gasteiger partial charge < -0.3 is 14.8 Å². The molecule has 0 aliphatic carbocycles. The number of carbonyl (C=O) groups is 1. The molecular weight excluding hydrogens is 452 g/mol. The van der Waals surface area contributed by atoms with Crippen LogP contribution in [-0.4, -0.2) is 35.6 Å². The van der Waals surface area contributed by atoms with Crippen molar-refractivity contribution in [3.05, 3.63) is 90.5 Å². The Labute approximate surface area is 198 Å². The van der Waals surface area contributed by atoms with Gasteiger partial charge in [-0.1, -0.05) is 36.4 Å². The van der Waals surface area contributed by atoms with Gasteiger partial charge in [0.1, 0.15) is 0 Å². The lowest BCUT2D eigenvalue weighted by atomic mass is 10.1. The zero-order valence-corrected chi connectivity index (χ0v) is 19.8. The summed E-state index contributed by atoms with van der Waals surface area (Å²) in [7, 11) is 0.524. The molecule has 0 heterocycles. The zero-order valence-electron chi connectivity index (χ0n) is 19.0. The number of sulfonamides is 1. The van der Waals surface area contributed by atoms with Gasteiger partial charge in [-0.3, -0.25) is 9.10 Å². The summed E-state index contributed by atoms with van der Waals surface area (Å²) in [6, 6.07) is 24.3. The van der Waals surface area contributed by atoms with Crippen molar-refractivity contribution in [2.45, 2.75) is 4.90 Å². The molecule has 1 amide bonds. The number of ether oxygens (including phenoxy) is 2. The number of methoxy groups -OCH3 is 2. The van der Waals surface area contributed by atoms with Crippen LogP contribution in [0.5, 0.6) is 11.5 Å². The van der Waals surface area contributed by atoms with Crippen LogP contribution in [0.3, 0.4) is 0 Å². The lowest BCUT2D eigenvalue weighted by molar-refractivity contribution is 0.102.